The van der Waals surface area contributed by atoms with E-state index in [1.807, 2.05) is 12.1 Å². The summed E-state index contributed by atoms with van der Waals surface area (Å²) in [5.74, 6) is 0.486. The molecule has 132 valence electrons. The van der Waals surface area contributed by atoms with Crippen molar-refractivity contribution in [2.45, 2.75) is 30.7 Å². The van der Waals surface area contributed by atoms with E-state index in [9.17, 15) is 4.79 Å². The Kier molecular flexibility index (Phi) is 5.71. The molecule has 0 saturated carbocycles. The molecule has 0 unspecified atom stereocenters. The Morgan fingerprint density at radius 1 is 1.38 bits per heavy atom. The van der Waals surface area contributed by atoms with E-state index in [4.69, 9.17) is 5.26 Å². The van der Waals surface area contributed by atoms with Gasteiger partial charge in [-0.25, -0.2) is 4.98 Å². The largest absolute Gasteiger partial charge is 0.316 e. The van der Waals surface area contributed by atoms with Crippen LogP contribution in [0.3, 0.4) is 0 Å². The molecule has 26 heavy (non-hydrogen) atoms. The Labute approximate surface area is 159 Å². The Balaban J connectivity index is 1.64. The zero-order chi connectivity index (χ0) is 18.5. The Bertz CT molecular complexity index is 939. The van der Waals surface area contributed by atoms with E-state index in [1.54, 1.807) is 18.4 Å². The smallest absolute Gasteiger partial charge is 0.238 e. The van der Waals surface area contributed by atoms with Gasteiger partial charge in [-0.1, -0.05) is 43.0 Å². The average molecular weight is 384 g/mol. The number of aromatic nitrogens is 3. The number of hydrogen-bond acceptors (Lipinski definition) is 6. The van der Waals surface area contributed by atoms with Crippen molar-refractivity contribution in [1.29, 1.82) is 5.26 Å². The predicted octanol–water partition coefficient (Wildman–Crippen LogP) is 4.09. The standard InChI is InChI=1S/C18H17N5OS2/c1-3-12-4-6-13(7-5-12)15-20-18(23-22-15)26-11(2)16(24)21-17-14(10-19)8-9-25-17/h4-9,11H,3H2,1-2H3,(H,21,24)(H,20,22,23)/t11-/m1/s1. The minimum absolute atomic E-state index is 0.187. The monoisotopic (exact) mass is 383 g/mol. The molecular weight excluding hydrogens is 366 g/mol. The summed E-state index contributed by atoms with van der Waals surface area (Å²) in [6.45, 7) is 3.89. The number of H-pyrrole nitrogens is 1. The molecule has 0 radical (unpaired) electrons. The molecule has 0 aliphatic carbocycles. The van der Waals surface area contributed by atoms with Crippen LogP contribution >= 0.6 is 23.1 Å². The number of rotatable bonds is 6. The summed E-state index contributed by atoms with van der Waals surface area (Å²) >= 11 is 2.60. The Hall–Kier alpha value is -2.63. The van der Waals surface area contributed by atoms with Crippen LogP contribution in [0.1, 0.15) is 25.0 Å². The first-order chi connectivity index (χ1) is 12.6. The van der Waals surface area contributed by atoms with E-state index in [0.29, 0.717) is 21.5 Å². The maximum absolute atomic E-state index is 12.3. The zero-order valence-electron chi connectivity index (χ0n) is 14.3. The second-order valence-electron chi connectivity index (χ2n) is 5.54. The third kappa shape index (κ3) is 4.12. The van der Waals surface area contributed by atoms with Gasteiger partial charge in [0.1, 0.15) is 11.1 Å². The van der Waals surface area contributed by atoms with Crippen molar-refractivity contribution in [3.8, 4) is 17.5 Å². The average Bonchev–Trinajstić information content (AvgIpc) is 3.31. The van der Waals surface area contributed by atoms with E-state index in [0.717, 1.165) is 12.0 Å². The number of carbonyl (C=O) groups is 1. The summed E-state index contributed by atoms with van der Waals surface area (Å²) in [6, 6.07) is 11.9. The quantitative estimate of drug-likeness (QED) is 0.625. The zero-order valence-corrected chi connectivity index (χ0v) is 15.9. The summed E-state index contributed by atoms with van der Waals surface area (Å²) in [4.78, 5) is 16.8. The first-order valence-electron chi connectivity index (χ1n) is 8.07. The summed E-state index contributed by atoms with van der Waals surface area (Å²) in [5, 5.41) is 21.4. The number of anilines is 1. The molecule has 8 heteroatoms. The van der Waals surface area contributed by atoms with Gasteiger partial charge in [0.25, 0.3) is 0 Å². The van der Waals surface area contributed by atoms with Gasteiger partial charge in [0.2, 0.25) is 11.1 Å². The lowest BCUT2D eigenvalue weighted by atomic mass is 10.1. The SMILES string of the molecule is CCc1ccc(-c2nc(S[C@H](C)C(=O)Nc3sccc3C#N)n[nH]2)cc1. The van der Waals surface area contributed by atoms with Gasteiger partial charge in [-0.15, -0.1) is 16.4 Å². The first kappa shape index (κ1) is 18.2. The number of hydrogen-bond donors (Lipinski definition) is 2. The van der Waals surface area contributed by atoms with Crippen molar-refractivity contribution in [2.24, 2.45) is 0 Å². The van der Waals surface area contributed by atoms with Crippen molar-refractivity contribution in [1.82, 2.24) is 15.2 Å². The molecule has 0 saturated heterocycles. The molecule has 1 aromatic carbocycles. The van der Waals surface area contributed by atoms with Crippen LogP contribution in [-0.4, -0.2) is 26.3 Å². The van der Waals surface area contributed by atoms with E-state index in [2.05, 4.69) is 45.6 Å². The fraction of sp³-hybridized carbons (Fsp3) is 0.222. The summed E-state index contributed by atoms with van der Waals surface area (Å²) in [5.41, 5.74) is 2.69. The van der Waals surface area contributed by atoms with Crippen LogP contribution in [0.5, 0.6) is 0 Å². The molecule has 1 atom stereocenters. The number of amides is 1. The van der Waals surface area contributed by atoms with Gasteiger partial charge in [-0.2, -0.15) is 5.26 Å². The predicted molar refractivity (Wildman–Crippen MR) is 104 cm³/mol. The van der Waals surface area contributed by atoms with Gasteiger partial charge in [-0.05, 0) is 30.4 Å². The van der Waals surface area contributed by atoms with E-state index < -0.39 is 5.25 Å². The normalized spacial score (nSPS) is 11.7. The van der Waals surface area contributed by atoms with Crippen molar-refractivity contribution < 1.29 is 4.79 Å². The molecule has 2 aromatic heterocycles. The number of thioether (sulfide) groups is 1. The van der Waals surface area contributed by atoms with Gasteiger partial charge in [-0.3, -0.25) is 9.89 Å². The van der Waals surface area contributed by atoms with Crippen molar-refractivity contribution in [2.75, 3.05) is 5.32 Å². The van der Waals surface area contributed by atoms with Crippen LogP contribution in [0.2, 0.25) is 0 Å². The fourth-order valence-electron chi connectivity index (χ4n) is 2.25. The summed E-state index contributed by atoms with van der Waals surface area (Å²) in [6.07, 6.45) is 0.988. The second kappa shape index (κ2) is 8.17. The van der Waals surface area contributed by atoms with Crippen LogP contribution in [0.25, 0.3) is 11.4 Å². The van der Waals surface area contributed by atoms with Gasteiger partial charge in [0.15, 0.2) is 5.82 Å². The number of aromatic amines is 1. The molecule has 0 aliphatic rings. The molecule has 0 spiro atoms. The number of benzene rings is 1. The molecule has 0 bridgehead atoms. The van der Waals surface area contributed by atoms with Gasteiger partial charge in [0.05, 0.1) is 10.8 Å². The van der Waals surface area contributed by atoms with E-state index in [1.165, 1.54) is 28.7 Å². The maximum atomic E-state index is 12.3. The number of nitrogens with one attached hydrogen (secondary N) is 2. The highest BCUT2D eigenvalue weighted by molar-refractivity contribution is 8.00. The molecule has 0 aliphatic heterocycles. The molecule has 2 N–H and O–H groups in total. The number of thiophene rings is 1. The highest BCUT2D eigenvalue weighted by Gasteiger charge is 2.19. The maximum Gasteiger partial charge on any atom is 0.238 e. The lowest BCUT2D eigenvalue weighted by molar-refractivity contribution is -0.115. The van der Waals surface area contributed by atoms with Gasteiger partial charge < -0.3 is 5.32 Å². The summed E-state index contributed by atoms with van der Waals surface area (Å²) < 4.78 is 0. The van der Waals surface area contributed by atoms with Crippen LogP contribution in [0.4, 0.5) is 5.00 Å². The molecule has 6 nitrogen and oxygen atoms in total. The van der Waals surface area contributed by atoms with Crippen LogP contribution in [-0.2, 0) is 11.2 Å². The van der Waals surface area contributed by atoms with Crippen LogP contribution < -0.4 is 5.32 Å². The minimum Gasteiger partial charge on any atom is -0.316 e. The van der Waals surface area contributed by atoms with Crippen molar-refractivity contribution >= 4 is 34.0 Å². The number of carbonyl (C=O) groups excluding carboxylic acids is 1. The fourth-order valence-corrected chi connectivity index (χ4v) is 3.71. The number of nitriles is 1. The molecule has 3 rings (SSSR count). The number of aryl methyl sites for hydroxylation is 1. The van der Waals surface area contributed by atoms with E-state index >= 15 is 0 Å². The highest BCUT2D eigenvalue weighted by Crippen LogP contribution is 2.26. The number of nitrogens with zero attached hydrogens (tertiary/aromatic N) is 3. The topological polar surface area (TPSA) is 94.5 Å². The second-order valence-corrected chi connectivity index (χ2v) is 7.77. The van der Waals surface area contributed by atoms with Crippen LogP contribution in [0, 0.1) is 11.3 Å². The Morgan fingerprint density at radius 2 is 2.15 bits per heavy atom. The van der Waals surface area contributed by atoms with Gasteiger partial charge in [0, 0.05) is 5.56 Å². The van der Waals surface area contributed by atoms with Gasteiger partial charge >= 0.3 is 0 Å². The first-order valence-corrected chi connectivity index (χ1v) is 9.83. The molecule has 1 amide bonds. The Morgan fingerprint density at radius 3 is 2.85 bits per heavy atom. The third-order valence-corrected chi connectivity index (χ3v) is 5.57. The molecular formula is C18H17N5OS2. The van der Waals surface area contributed by atoms with Crippen LogP contribution in [0.15, 0.2) is 40.9 Å². The van der Waals surface area contributed by atoms with E-state index in [-0.39, 0.29) is 5.91 Å². The lowest BCUT2D eigenvalue weighted by Gasteiger charge is -2.08. The minimum atomic E-state index is -0.394. The lowest BCUT2D eigenvalue weighted by Crippen LogP contribution is -2.22. The summed E-state index contributed by atoms with van der Waals surface area (Å²) in [7, 11) is 0. The van der Waals surface area contributed by atoms with Crippen molar-refractivity contribution in [3.63, 3.8) is 0 Å². The highest BCUT2D eigenvalue weighted by atomic mass is 32.2. The van der Waals surface area contributed by atoms with Crippen molar-refractivity contribution in [3.05, 3.63) is 46.8 Å². The molecule has 3 aromatic rings. The molecule has 0 fully saturated rings. The third-order valence-electron chi connectivity index (χ3n) is 3.77. The molecule has 2 heterocycles.